The first-order valence-corrected chi connectivity index (χ1v) is 12.3. The van der Waals surface area contributed by atoms with Crippen molar-refractivity contribution in [2.75, 3.05) is 18.0 Å². The second kappa shape index (κ2) is 10.5. The SMILES string of the molecule is CC[C@H](NC(=O)CN(c1cc(C)ccc1OC)S(=O)(=O)c1ccccc1)c1ccc(C)cc1. The molecule has 33 heavy (non-hydrogen) atoms. The van der Waals surface area contributed by atoms with E-state index in [-0.39, 0.29) is 17.5 Å². The van der Waals surface area contributed by atoms with Crippen LogP contribution in [0.4, 0.5) is 5.69 Å². The van der Waals surface area contributed by atoms with Gasteiger partial charge in [0.05, 0.1) is 23.7 Å². The highest BCUT2D eigenvalue weighted by atomic mass is 32.2. The predicted molar refractivity (Wildman–Crippen MR) is 131 cm³/mol. The van der Waals surface area contributed by atoms with E-state index >= 15 is 0 Å². The zero-order valence-corrected chi connectivity index (χ0v) is 20.2. The number of carbonyl (C=O) groups is 1. The van der Waals surface area contributed by atoms with Crippen molar-refractivity contribution in [2.24, 2.45) is 0 Å². The first kappa shape index (κ1) is 24.3. The highest BCUT2D eigenvalue weighted by Gasteiger charge is 2.30. The minimum Gasteiger partial charge on any atom is -0.495 e. The van der Waals surface area contributed by atoms with Crippen molar-refractivity contribution in [1.29, 1.82) is 0 Å². The summed E-state index contributed by atoms with van der Waals surface area (Å²) in [6.45, 7) is 5.47. The Morgan fingerprint density at radius 1 is 0.970 bits per heavy atom. The van der Waals surface area contributed by atoms with Gasteiger partial charge in [0.25, 0.3) is 10.0 Å². The first-order valence-electron chi connectivity index (χ1n) is 10.8. The number of hydrogen-bond donors (Lipinski definition) is 1. The van der Waals surface area contributed by atoms with Crippen LogP contribution in [-0.4, -0.2) is 28.0 Å². The third kappa shape index (κ3) is 5.73. The lowest BCUT2D eigenvalue weighted by molar-refractivity contribution is -0.120. The second-order valence-electron chi connectivity index (χ2n) is 7.94. The molecule has 0 bridgehead atoms. The minimum absolute atomic E-state index is 0.104. The molecule has 0 aliphatic rings. The summed E-state index contributed by atoms with van der Waals surface area (Å²) in [6, 6.07) is 21.1. The molecule has 1 amide bonds. The van der Waals surface area contributed by atoms with Gasteiger partial charge in [-0.1, -0.05) is 61.0 Å². The third-order valence-electron chi connectivity index (χ3n) is 5.44. The van der Waals surface area contributed by atoms with E-state index in [0.29, 0.717) is 17.9 Å². The average molecular weight is 467 g/mol. The maximum absolute atomic E-state index is 13.6. The molecule has 0 aliphatic heterocycles. The van der Waals surface area contributed by atoms with Gasteiger partial charge in [-0.25, -0.2) is 8.42 Å². The fourth-order valence-corrected chi connectivity index (χ4v) is 5.05. The maximum Gasteiger partial charge on any atom is 0.264 e. The largest absolute Gasteiger partial charge is 0.495 e. The molecule has 1 atom stereocenters. The van der Waals surface area contributed by atoms with E-state index in [1.54, 1.807) is 30.3 Å². The molecule has 0 aromatic heterocycles. The average Bonchev–Trinajstić information content (AvgIpc) is 2.82. The summed E-state index contributed by atoms with van der Waals surface area (Å²) in [4.78, 5) is 13.2. The van der Waals surface area contributed by atoms with Crippen LogP contribution in [0.2, 0.25) is 0 Å². The molecule has 1 N–H and O–H groups in total. The lowest BCUT2D eigenvalue weighted by atomic mass is 10.0. The number of anilines is 1. The molecule has 0 saturated carbocycles. The van der Waals surface area contributed by atoms with Gasteiger partial charge in [0, 0.05) is 0 Å². The summed E-state index contributed by atoms with van der Waals surface area (Å²) >= 11 is 0. The van der Waals surface area contributed by atoms with Crippen LogP contribution in [0.3, 0.4) is 0 Å². The standard InChI is InChI=1S/C26H30N2O4S/c1-5-23(21-14-11-19(2)12-15-21)27-26(29)18-28(24-17-20(3)13-16-25(24)32-4)33(30,31)22-9-7-6-8-10-22/h6-17,23H,5,18H2,1-4H3,(H,27,29)/t23-/m0/s1. The minimum atomic E-state index is -4.02. The van der Waals surface area contributed by atoms with Gasteiger partial charge in [0.15, 0.2) is 0 Å². The summed E-state index contributed by atoms with van der Waals surface area (Å²) in [5, 5.41) is 2.99. The molecule has 7 heteroatoms. The Hall–Kier alpha value is -3.32. The van der Waals surface area contributed by atoms with E-state index in [4.69, 9.17) is 4.74 Å². The van der Waals surface area contributed by atoms with E-state index in [9.17, 15) is 13.2 Å². The van der Waals surface area contributed by atoms with E-state index in [1.165, 1.54) is 19.2 Å². The number of nitrogens with one attached hydrogen (secondary N) is 1. The molecule has 6 nitrogen and oxygen atoms in total. The van der Waals surface area contributed by atoms with E-state index < -0.39 is 15.9 Å². The summed E-state index contributed by atoms with van der Waals surface area (Å²) in [6.07, 6.45) is 0.675. The highest BCUT2D eigenvalue weighted by molar-refractivity contribution is 7.92. The molecule has 0 fully saturated rings. The number of amides is 1. The number of hydrogen-bond acceptors (Lipinski definition) is 4. The van der Waals surface area contributed by atoms with Crippen LogP contribution >= 0.6 is 0 Å². The number of aryl methyl sites for hydroxylation is 2. The quantitative estimate of drug-likeness (QED) is 0.493. The normalized spacial score (nSPS) is 12.1. The van der Waals surface area contributed by atoms with Gasteiger partial charge in [-0.05, 0) is 55.7 Å². The van der Waals surface area contributed by atoms with Gasteiger partial charge in [-0.3, -0.25) is 9.10 Å². The molecule has 3 aromatic rings. The van der Waals surface area contributed by atoms with Crippen molar-refractivity contribution in [3.05, 3.63) is 89.5 Å². The summed E-state index contributed by atoms with van der Waals surface area (Å²) in [7, 11) is -2.54. The van der Waals surface area contributed by atoms with Crippen LogP contribution in [0.25, 0.3) is 0 Å². The molecular formula is C26H30N2O4S. The molecule has 0 unspecified atom stereocenters. The van der Waals surface area contributed by atoms with Gasteiger partial charge in [0.1, 0.15) is 12.3 Å². The van der Waals surface area contributed by atoms with E-state index in [2.05, 4.69) is 5.32 Å². The number of ether oxygens (including phenoxy) is 1. The highest BCUT2D eigenvalue weighted by Crippen LogP contribution is 2.33. The van der Waals surface area contributed by atoms with E-state index in [1.807, 2.05) is 51.1 Å². The van der Waals surface area contributed by atoms with Crippen LogP contribution < -0.4 is 14.4 Å². The van der Waals surface area contributed by atoms with Gasteiger partial charge in [0.2, 0.25) is 5.91 Å². The molecule has 3 aromatic carbocycles. The molecule has 0 aliphatic carbocycles. The van der Waals surface area contributed by atoms with Crippen LogP contribution in [0.15, 0.2) is 77.7 Å². The van der Waals surface area contributed by atoms with Crippen molar-refractivity contribution in [3.63, 3.8) is 0 Å². The maximum atomic E-state index is 13.6. The Morgan fingerprint density at radius 2 is 1.61 bits per heavy atom. The number of methoxy groups -OCH3 is 1. The zero-order chi connectivity index (χ0) is 24.0. The molecule has 0 spiro atoms. The molecule has 3 rings (SSSR count). The van der Waals surface area contributed by atoms with Gasteiger partial charge in [-0.15, -0.1) is 0 Å². The smallest absolute Gasteiger partial charge is 0.264 e. The third-order valence-corrected chi connectivity index (χ3v) is 7.22. The molecule has 174 valence electrons. The van der Waals surface area contributed by atoms with E-state index in [0.717, 1.165) is 21.0 Å². The van der Waals surface area contributed by atoms with Crippen molar-refractivity contribution in [1.82, 2.24) is 5.32 Å². The van der Waals surface area contributed by atoms with Crippen molar-refractivity contribution >= 4 is 21.6 Å². The fraction of sp³-hybridized carbons (Fsp3) is 0.269. The zero-order valence-electron chi connectivity index (χ0n) is 19.4. The molecule has 0 heterocycles. The number of carbonyl (C=O) groups excluding carboxylic acids is 1. The van der Waals surface area contributed by atoms with Gasteiger partial charge < -0.3 is 10.1 Å². The van der Waals surface area contributed by atoms with Crippen LogP contribution in [0.1, 0.15) is 36.1 Å². The lowest BCUT2D eigenvalue weighted by Crippen LogP contribution is -2.42. The Balaban J connectivity index is 1.97. The summed E-state index contributed by atoms with van der Waals surface area (Å²) < 4.78 is 33.8. The van der Waals surface area contributed by atoms with Gasteiger partial charge in [-0.2, -0.15) is 0 Å². The number of sulfonamides is 1. The monoisotopic (exact) mass is 466 g/mol. The topological polar surface area (TPSA) is 75.7 Å². The van der Waals surface area contributed by atoms with Crippen LogP contribution in [0, 0.1) is 13.8 Å². The predicted octanol–water partition coefficient (Wildman–Crippen LogP) is 4.77. The Morgan fingerprint density at radius 3 is 2.21 bits per heavy atom. The summed E-state index contributed by atoms with van der Waals surface area (Å²) in [5.41, 5.74) is 3.28. The van der Waals surface area contributed by atoms with Crippen molar-refractivity contribution in [3.8, 4) is 5.75 Å². The van der Waals surface area contributed by atoms with Crippen LogP contribution in [0.5, 0.6) is 5.75 Å². The van der Waals surface area contributed by atoms with Crippen LogP contribution in [-0.2, 0) is 14.8 Å². The number of benzene rings is 3. The molecule has 0 radical (unpaired) electrons. The number of nitrogens with zero attached hydrogens (tertiary/aromatic N) is 1. The number of rotatable bonds is 9. The van der Waals surface area contributed by atoms with Crippen molar-refractivity contribution < 1.29 is 17.9 Å². The van der Waals surface area contributed by atoms with Gasteiger partial charge >= 0.3 is 0 Å². The Kier molecular flexibility index (Phi) is 7.76. The molecule has 0 saturated heterocycles. The fourth-order valence-electron chi connectivity index (χ4n) is 3.60. The Bertz CT molecular complexity index is 1190. The summed E-state index contributed by atoms with van der Waals surface area (Å²) in [5.74, 6) is -0.0241. The lowest BCUT2D eigenvalue weighted by Gasteiger charge is -2.27. The molecular weight excluding hydrogens is 436 g/mol. The first-order chi connectivity index (χ1) is 15.8. The second-order valence-corrected chi connectivity index (χ2v) is 9.80. The van der Waals surface area contributed by atoms with Crippen molar-refractivity contribution in [2.45, 2.75) is 38.1 Å². The Labute approximate surface area is 196 Å².